The molecule has 1 amide bonds. The van der Waals surface area contributed by atoms with Gasteiger partial charge < -0.3 is 14.6 Å². The first-order chi connectivity index (χ1) is 15.9. The van der Waals surface area contributed by atoms with E-state index < -0.39 is 0 Å². The van der Waals surface area contributed by atoms with Gasteiger partial charge in [-0.3, -0.25) is 9.36 Å². The van der Waals surface area contributed by atoms with Gasteiger partial charge in [0.05, 0.1) is 29.7 Å². The summed E-state index contributed by atoms with van der Waals surface area (Å²) in [5, 5.41) is 14.1. The van der Waals surface area contributed by atoms with E-state index in [0.29, 0.717) is 28.1 Å². The molecular weight excluding hydrogens is 458 g/mol. The summed E-state index contributed by atoms with van der Waals surface area (Å²) in [5.74, 6) is 0.507. The summed E-state index contributed by atoms with van der Waals surface area (Å²) < 4.78 is 9.71. The van der Waals surface area contributed by atoms with Gasteiger partial charge in [0, 0.05) is 29.7 Å². The van der Waals surface area contributed by atoms with Crippen molar-refractivity contribution < 1.29 is 9.53 Å². The predicted molar refractivity (Wildman–Crippen MR) is 130 cm³/mol. The minimum absolute atomic E-state index is 0.0977. The Hall–Kier alpha value is -2.73. The van der Waals surface area contributed by atoms with Crippen LogP contribution < -0.4 is 5.32 Å². The lowest BCUT2D eigenvalue weighted by atomic mass is 10.2. The third-order valence-corrected chi connectivity index (χ3v) is 7.42. The topological polar surface area (TPSA) is 84.9 Å². The zero-order valence-electron chi connectivity index (χ0n) is 18.9. The van der Waals surface area contributed by atoms with Gasteiger partial charge in [-0.2, -0.15) is 5.26 Å². The molecule has 3 heterocycles. The molecule has 1 aromatic carbocycles. The molecule has 0 radical (unpaired) electrons. The highest BCUT2D eigenvalue weighted by Crippen LogP contribution is 2.30. The van der Waals surface area contributed by atoms with E-state index in [-0.39, 0.29) is 17.8 Å². The van der Waals surface area contributed by atoms with Crippen molar-refractivity contribution in [2.45, 2.75) is 51.4 Å². The summed E-state index contributed by atoms with van der Waals surface area (Å²) in [7, 11) is 0. The quantitative estimate of drug-likeness (QED) is 0.476. The van der Waals surface area contributed by atoms with Crippen molar-refractivity contribution in [3.8, 4) is 11.8 Å². The lowest BCUT2D eigenvalue weighted by molar-refractivity contribution is -0.113. The zero-order chi connectivity index (χ0) is 23.5. The van der Waals surface area contributed by atoms with Gasteiger partial charge >= 0.3 is 0 Å². The number of hydrogen-bond acceptors (Lipinski definition) is 5. The maximum Gasteiger partial charge on any atom is 0.235 e. The number of ether oxygens (including phenoxy) is 1. The van der Waals surface area contributed by atoms with E-state index in [2.05, 4.69) is 16.4 Å². The molecule has 2 aromatic heterocycles. The van der Waals surface area contributed by atoms with E-state index in [0.717, 1.165) is 42.0 Å². The molecule has 7 nitrogen and oxygen atoms in total. The van der Waals surface area contributed by atoms with Crippen LogP contribution in [0.5, 0.6) is 0 Å². The highest BCUT2D eigenvalue weighted by molar-refractivity contribution is 7.99. The smallest absolute Gasteiger partial charge is 0.235 e. The fourth-order valence-corrected chi connectivity index (χ4v) is 5.02. The Labute approximate surface area is 202 Å². The van der Waals surface area contributed by atoms with Crippen molar-refractivity contribution in [1.82, 2.24) is 14.1 Å². The van der Waals surface area contributed by atoms with Crippen LogP contribution in [-0.2, 0) is 16.1 Å². The average Bonchev–Trinajstić information content (AvgIpc) is 3.53. The first-order valence-electron chi connectivity index (χ1n) is 10.8. The van der Waals surface area contributed by atoms with Crippen molar-refractivity contribution >= 4 is 35.1 Å². The molecule has 0 spiro atoms. The lowest BCUT2D eigenvalue weighted by Gasteiger charge is -2.17. The molecular formula is C24H26ClN5O2S. The second-order valence-electron chi connectivity index (χ2n) is 8.09. The van der Waals surface area contributed by atoms with Gasteiger partial charge in [-0.15, -0.1) is 0 Å². The molecule has 1 saturated heterocycles. The number of carbonyl (C=O) groups excluding carboxylic acids is 1. The molecule has 0 aliphatic carbocycles. The molecule has 0 unspecified atom stereocenters. The van der Waals surface area contributed by atoms with Crippen LogP contribution in [0.1, 0.15) is 35.2 Å². The molecule has 9 heteroatoms. The molecule has 172 valence electrons. The number of thioether (sulfide) groups is 1. The van der Waals surface area contributed by atoms with E-state index in [1.54, 1.807) is 6.20 Å². The van der Waals surface area contributed by atoms with Gasteiger partial charge in [0.2, 0.25) is 5.91 Å². The molecule has 1 atom stereocenters. The second kappa shape index (κ2) is 10.0. The normalized spacial score (nSPS) is 15.5. The minimum atomic E-state index is -0.194. The number of hydrogen-bond donors (Lipinski definition) is 1. The molecule has 1 N–H and O–H groups in total. The number of anilines is 1. The standard InChI is InChI=1S/C24H26ClN5O2S/c1-15-17(3)30(13-18-6-5-11-32-18)23(19(15)12-26)28-22(31)14-33-24-27-9-10-29(24)21-8-4-7-20(25)16(21)2/h4,7-10,18H,5-6,11,13-14H2,1-3H3,(H,28,31)/t18-/m0/s1. The van der Waals surface area contributed by atoms with Crippen LogP contribution >= 0.6 is 23.4 Å². The number of aromatic nitrogens is 3. The number of rotatable bonds is 7. The van der Waals surface area contributed by atoms with Gasteiger partial charge in [-0.1, -0.05) is 29.4 Å². The lowest BCUT2D eigenvalue weighted by Crippen LogP contribution is -2.22. The molecule has 4 rings (SSSR count). The van der Waals surface area contributed by atoms with Gasteiger partial charge in [0.25, 0.3) is 0 Å². The largest absolute Gasteiger partial charge is 0.376 e. The number of nitrogens with zero attached hydrogens (tertiary/aromatic N) is 4. The van der Waals surface area contributed by atoms with Crippen LogP contribution in [0.15, 0.2) is 35.7 Å². The SMILES string of the molecule is Cc1c(Cl)cccc1-n1ccnc1SCC(=O)Nc1c(C#N)c(C)c(C)n1C[C@@H]1CCCO1. The van der Waals surface area contributed by atoms with Crippen molar-refractivity contribution in [2.24, 2.45) is 0 Å². The van der Waals surface area contributed by atoms with Crippen LogP contribution in [0.3, 0.4) is 0 Å². The van der Waals surface area contributed by atoms with Crippen LogP contribution in [0.25, 0.3) is 5.69 Å². The summed E-state index contributed by atoms with van der Waals surface area (Å²) in [4.78, 5) is 17.3. The average molecular weight is 484 g/mol. The van der Waals surface area contributed by atoms with Crippen LogP contribution in [-0.4, -0.2) is 38.5 Å². The van der Waals surface area contributed by atoms with Crippen LogP contribution in [0, 0.1) is 32.1 Å². The van der Waals surface area contributed by atoms with Gasteiger partial charge in [-0.05, 0) is 56.9 Å². The molecule has 3 aromatic rings. The molecule has 1 aliphatic heterocycles. The Morgan fingerprint density at radius 1 is 1.36 bits per heavy atom. The highest BCUT2D eigenvalue weighted by Gasteiger charge is 2.24. The van der Waals surface area contributed by atoms with Crippen molar-refractivity contribution in [3.63, 3.8) is 0 Å². The monoisotopic (exact) mass is 483 g/mol. The van der Waals surface area contributed by atoms with Crippen molar-refractivity contribution in [2.75, 3.05) is 17.7 Å². The van der Waals surface area contributed by atoms with Crippen LogP contribution in [0.4, 0.5) is 5.82 Å². The second-order valence-corrected chi connectivity index (χ2v) is 9.44. The Morgan fingerprint density at radius 3 is 2.91 bits per heavy atom. The molecule has 33 heavy (non-hydrogen) atoms. The Bertz CT molecular complexity index is 1220. The number of benzene rings is 1. The van der Waals surface area contributed by atoms with E-state index in [4.69, 9.17) is 16.3 Å². The molecule has 0 saturated carbocycles. The van der Waals surface area contributed by atoms with E-state index >= 15 is 0 Å². The van der Waals surface area contributed by atoms with Crippen molar-refractivity contribution in [1.29, 1.82) is 5.26 Å². The number of nitriles is 1. The highest BCUT2D eigenvalue weighted by atomic mass is 35.5. The van der Waals surface area contributed by atoms with Crippen molar-refractivity contribution in [3.05, 3.63) is 58.0 Å². The number of amides is 1. The summed E-state index contributed by atoms with van der Waals surface area (Å²) in [6.45, 7) is 7.21. The van der Waals surface area contributed by atoms with E-state index in [1.165, 1.54) is 11.8 Å². The van der Waals surface area contributed by atoms with Gasteiger partial charge in [-0.25, -0.2) is 4.98 Å². The Balaban J connectivity index is 1.51. The number of imidazole rings is 1. The first-order valence-corrected chi connectivity index (χ1v) is 12.2. The summed E-state index contributed by atoms with van der Waals surface area (Å²) in [6.07, 6.45) is 5.67. The van der Waals surface area contributed by atoms with Gasteiger partial charge in [0.1, 0.15) is 11.9 Å². The maximum atomic E-state index is 12.9. The van der Waals surface area contributed by atoms with E-state index in [1.807, 2.05) is 54.3 Å². The first kappa shape index (κ1) is 23.4. The molecule has 1 aliphatic rings. The Kier molecular flexibility index (Phi) is 7.13. The van der Waals surface area contributed by atoms with Gasteiger partial charge in [0.15, 0.2) is 5.16 Å². The number of carbonyl (C=O) groups is 1. The third-order valence-electron chi connectivity index (χ3n) is 6.05. The predicted octanol–water partition coefficient (Wildman–Crippen LogP) is 5.03. The molecule has 0 bridgehead atoms. The summed E-state index contributed by atoms with van der Waals surface area (Å²) in [6, 6.07) is 7.96. The summed E-state index contributed by atoms with van der Waals surface area (Å²) in [5.41, 5.74) is 4.22. The fourth-order valence-electron chi connectivity index (χ4n) is 4.09. The maximum absolute atomic E-state index is 12.9. The minimum Gasteiger partial charge on any atom is -0.376 e. The van der Waals surface area contributed by atoms with E-state index in [9.17, 15) is 10.1 Å². The molecule has 1 fully saturated rings. The summed E-state index contributed by atoms with van der Waals surface area (Å²) >= 11 is 7.61. The Morgan fingerprint density at radius 2 is 2.18 bits per heavy atom. The fraction of sp³-hybridized carbons (Fsp3) is 0.375. The number of nitrogens with one attached hydrogen (secondary N) is 1. The third kappa shape index (κ3) is 4.81. The van der Waals surface area contributed by atoms with Crippen LogP contribution in [0.2, 0.25) is 5.02 Å². The number of halogens is 1. The zero-order valence-corrected chi connectivity index (χ0v) is 20.5.